The number of carbonyl (C=O) groups is 1. The fourth-order valence-corrected chi connectivity index (χ4v) is 3.90. The van der Waals surface area contributed by atoms with Crippen LogP contribution in [0, 0.1) is 6.92 Å². The third kappa shape index (κ3) is 5.00. The summed E-state index contributed by atoms with van der Waals surface area (Å²) in [5.74, 6) is 0.814. The van der Waals surface area contributed by atoms with Crippen LogP contribution in [0.4, 0.5) is 4.79 Å². The number of amides is 1. The number of benzene rings is 1. The monoisotopic (exact) mass is 416 g/mol. The van der Waals surface area contributed by atoms with Gasteiger partial charge in [0.1, 0.15) is 6.61 Å². The number of halogens is 1. The van der Waals surface area contributed by atoms with Crippen molar-refractivity contribution < 1.29 is 9.53 Å². The highest BCUT2D eigenvalue weighted by molar-refractivity contribution is 6.30. The molecule has 2 aliphatic heterocycles. The minimum absolute atomic E-state index is 0.209. The zero-order valence-corrected chi connectivity index (χ0v) is 17.2. The van der Waals surface area contributed by atoms with Gasteiger partial charge in [-0.1, -0.05) is 17.7 Å². The van der Waals surface area contributed by atoms with Gasteiger partial charge in [-0.2, -0.15) is 5.10 Å². The first-order valence-electron chi connectivity index (χ1n) is 9.82. The molecule has 0 saturated carbocycles. The Balaban J connectivity index is 1.35. The molecule has 2 aromatic rings. The first-order chi connectivity index (χ1) is 14.1. The molecule has 0 bridgehead atoms. The lowest BCUT2D eigenvalue weighted by molar-refractivity contribution is 0.0942. The summed E-state index contributed by atoms with van der Waals surface area (Å²) in [7, 11) is 0. The van der Waals surface area contributed by atoms with Gasteiger partial charge in [0.2, 0.25) is 0 Å². The van der Waals surface area contributed by atoms with Crippen LogP contribution in [0.1, 0.15) is 28.9 Å². The minimum atomic E-state index is -0.318. The molecule has 3 heterocycles. The number of rotatable bonds is 4. The standard InChI is InChI=1S/C20H25ClN6O2/c1-14-7-15(9-16(21)8-14)13-29-20(28)26-5-2-6-27-18(12-26)10-17(25-27)11-24-19-22-3-4-23-19/h7-10H,2-6,11-13H2,1H3,(H2,22,23,24). The number of aromatic nitrogens is 2. The van der Waals surface area contributed by atoms with E-state index in [0.29, 0.717) is 24.7 Å². The van der Waals surface area contributed by atoms with Crippen molar-refractivity contribution in [3.63, 3.8) is 0 Å². The normalized spacial score (nSPS) is 15.9. The average Bonchev–Trinajstić information content (AvgIpc) is 3.29. The summed E-state index contributed by atoms with van der Waals surface area (Å²) in [6.07, 6.45) is 0.516. The van der Waals surface area contributed by atoms with Crippen molar-refractivity contribution in [2.45, 2.75) is 39.6 Å². The molecule has 4 rings (SSSR count). The molecule has 1 aromatic heterocycles. The molecule has 0 radical (unpaired) electrons. The molecular formula is C20H25ClN6O2. The van der Waals surface area contributed by atoms with E-state index in [0.717, 1.165) is 54.5 Å². The Morgan fingerprint density at radius 3 is 3.00 bits per heavy atom. The molecular weight excluding hydrogens is 392 g/mol. The predicted octanol–water partition coefficient (Wildman–Crippen LogP) is 2.44. The van der Waals surface area contributed by atoms with Crippen molar-refractivity contribution in [1.29, 1.82) is 0 Å². The SMILES string of the molecule is Cc1cc(Cl)cc(COC(=O)N2CCCn3nc(CNC4=NCCN4)cc3C2)c1. The maximum absolute atomic E-state index is 12.6. The van der Waals surface area contributed by atoms with Crippen molar-refractivity contribution in [3.8, 4) is 0 Å². The van der Waals surface area contributed by atoms with Crippen molar-refractivity contribution in [2.24, 2.45) is 4.99 Å². The highest BCUT2D eigenvalue weighted by Crippen LogP contribution is 2.18. The summed E-state index contributed by atoms with van der Waals surface area (Å²) < 4.78 is 7.51. The molecule has 0 aliphatic carbocycles. The number of hydrogen-bond donors (Lipinski definition) is 2. The molecule has 1 aromatic carbocycles. The van der Waals surface area contributed by atoms with E-state index in [2.05, 4.69) is 20.7 Å². The first kappa shape index (κ1) is 19.6. The van der Waals surface area contributed by atoms with Gasteiger partial charge in [0.25, 0.3) is 0 Å². The fraction of sp³-hybridized carbons (Fsp3) is 0.450. The van der Waals surface area contributed by atoms with Gasteiger partial charge in [-0.3, -0.25) is 9.67 Å². The topological polar surface area (TPSA) is 83.8 Å². The molecule has 0 fully saturated rings. The number of carbonyl (C=O) groups excluding carboxylic acids is 1. The average molecular weight is 417 g/mol. The van der Waals surface area contributed by atoms with Crippen molar-refractivity contribution in [3.05, 3.63) is 51.8 Å². The molecule has 2 N–H and O–H groups in total. The Morgan fingerprint density at radius 2 is 2.21 bits per heavy atom. The summed E-state index contributed by atoms with van der Waals surface area (Å²) >= 11 is 6.08. The predicted molar refractivity (Wildman–Crippen MR) is 111 cm³/mol. The second-order valence-electron chi connectivity index (χ2n) is 7.33. The largest absolute Gasteiger partial charge is 0.445 e. The van der Waals surface area contributed by atoms with E-state index in [1.807, 2.05) is 35.9 Å². The van der Waals surface area contributed by atoms with Crippen LogP contribution in [0.2, 0.25) is 5.02 Å². The molecule has 2 aliphatic rings. The number of aryl methyl sites for hydroxylation is 2. The molecule has 9 heteroatoms. The lowest BCUT2D eigenvalue weighted by Crippen LogP contribution is -2.33. The summed E-state index contributed by atoms with van der Waals surface area (Å²) in [6, 6.07) is 7.71. The van der Waals surface area contributed by atoms with E-state index in [1.165, 1.54) is 0 Å². The Bertz CT molecular complexity index is 905. The Labute approximate surface area is 174 Å². The maximum Gasteiger partial charge on any atom is 0.410 e. The summed E-state index contributed by atoms with van der Waals surface area (Å²) in [5.41, 5.74) is 3.87. The third-order valence-electron chi connectivity index (χ3n) is 4.90. The quantitative estimate of drug-likeness (QED) is 0.799. The van der Waals surface area contributed by atoms with Gasteiger partial charge in [-0.05, 0) is 42.7 Å². The van der Waals surface area contributed by atoms with Crippen LogP contribution in [0.3, 0.4) is 0 Å². The van der Waals surface area contributed by atoms with E-state index in [-0.39, 0.29) is 12.7 Å². The first-order valence-corrected chi connectivity index (χ1v) is 10.2. The molecule has 1 amide bonds. The molecule has 29 heavy (non-hydrogen) atoms. The Morgan fingerprint density at radius 1 is 1.31 bits per heavy atom. The highest BCUT2D eigenvalue weighted by Gasteiger charge is 2.22. The van der Waals surface area contributed by atoms with Crippen molar-refractivity contribution in [1.82, 2.24) is 25.3 Å². The van der Waals surface area contributed by atoms with Crippen LogP contribution >= 0.6 is 11.6 Å². The van der Waals surface area contributed by atoms with E-state index in [1.54, 1.807) is 4.90 Å². The van der Waals surface area contributed by atoms with Gasteiger partial charge in [-0.25, -0.2) is 4.79 Å². The molecule has 8 nitrogen and oxygen atoms in total. The molecule has 0 unspecified atom stereocenters. The van der Waals surface area contributed by atoms with Crippen LogP contribution in [0.15, 0.2) is 29.3 Å². The number of hydrogen-bond acceptors (Lipinski definition) is 6. The van der Waals surface area contributed by atoms with Gasteiger partial charge >= 0.3 is 6.09 Å². The van der Waals surface area contributed by atoms with Crippen LogP contribution in [0.5, 0.6) is 0 Å². The fourth-order valence-electron chi connectivity index (χ4n) is 3.59. The van der Waals surface area contributed by atoms with Crippen LogP contribution in [-0.2, 0) is 31.0 Å². The minimum Gasteiger partial charge on any atom is -0.445 e. The van der Waals surface area contributed by atoms with E-state index < -0.39 is 0 Å². The third-order valence-corrected chi connectivity index (χ3v) is 5.12. The lowest BCUT2D eigenvalue weighted by atomic mass is 10.1. The number of nitrogens with zero attached hydrogens (tertiary/aromatic N) is 4. The number of guanidine groups is 1. The molecule has 0 saturated heterocycles. The second kappa shape index (κ2) is 8.73. The van der Waals surface area contributed by atoms with Gasteiger partial charge in [0, 0.05) is 24.7 Å². The van der Waals surface area contributed by atoms with Crippen molar-refractivity contribution in [2.75, 3.05) is 19.6 Å². The lowest BCUT2D eigenvalue weighted by Gasteiger charge is -2.19. The second-order valence-corrected chi connectivity index (χ2v) is 7.76. The van der Waals surface area contributed by atoms with Gasteiger partial charge in [0.15, 0.2) is 5.96 Å². The Hall–Kier alpha value is -2.74. The molecule has 154 valence electrons. The number of fused-ring (bicyclic) bond motifs is 1. The summed E-state index contributed by atoms with van der Waals surface area (Å²) in [5, 5.41) is 11.7. The highest BCUT2D eigenvalue weighted by atomic mass is 35.5. The van der Waals surface area contributed by atoms with Gasteiger partial charge in [0.05, 0.1) is 31.0 Å². The zero-order chi connectivity index (χ0) is 20.2. The van der Waals surface area contributed by atoms with Crippen molar-refractivity contribution >= 4 is 23.7 Å². The number of nitrogens with one attached hydrogen (secondary N) is 2. The number of ether oxygens (including phenoxy) is 1. The van der Waals surface area contributed by atoms with Gasteiger partial charge < -0.3 is 20.3 Å². The van der Waals surface area contributed by atoms with Crippen LogP contribution in [0.25, 0.3) is 0 Å². The van der Waals surface area contributed by atoms with E-state index in [4.69, 9.17) is 16.3 Å². The summed E-state index contributed by atoms with van der Waals surface area (Å²) in [6.45, 7) is 6.36. The van der Waals surface area contributed by atoms with E-state index in [9.17, 15) is 4.79 Å². The molecule has 0 atom stereocenters. The maximum atomic E-state index is 12.6. The molecule has 0 spiro atoms. The smallest absolute Gasteiger partial charge is 0.410 e. The van der Waals surface area contributed by atoms with Gasteiger partial charge in [-0.15, -0.1) is 0 Å². The summed E-state index contributed by atoms with van der Waals surface area (Å²) in [4.78, 5) is 18.7. The number of aliphatic imine (C=N–C) groups is 1. The van der Waals surface area contributed by atoms with Crippen LogP contribution in [-0.4, -0.2) is 46.4 Å². The van der Waals surface area contributed by atoms with E-state index >= 15 is 0 Å². The Kier molecular flexibility index (Phi) is 5.89. The van der Waals surface area contributed by atoms with Crippen LogP contribution < -0.4 is 10.6 Å². The zero-order valence-electron chi connectivity index (χ0n) is 16.4.